The van der Waals surface area contributed by atoms with Crippen molar-refractivity contribution in [1.82, 2.24) is 9.78 Å². The summed E-state index contributed by atoms with van der Waals surface area (Å²) in [5, 5.41) is 4.35. The van der Waals surface area contributed by atoms with Crippen LogP contribution in [-0.4, -0.2) is 9.78 Å². The minimum atomic E-state index is 0.00884. The molecule has 0 saturated carbocycles. The molecule has 1 atom stereocenters. The first-order valence-electron chi connectivity index (χ1n) is 6.95. The summed E-state index contributed by atoms with van der Waals surface area (Å²) in [4.78, 5) is 0. The second-order valence-electron chi connectivity index (χ2n) is 5.22. The van der Waals surface area contributed by atoms with E-state index in [1.165, 1.54) is 16.7 Å². The minimum absolute atomic E-state index is 0.00884. The molecule has 0 amide bonds. The molecule has 1 aromatic carbocycles. The Morgan fingerprint density at radius 2 is 2.05 bits per heavy atom. The monoisotopic (exact) mass is 257 g/mol. The highest BCUT2D eigenvalue weighted by atomic mass is 15.3. The molecule has 3 heteroatoms. The first-order valence-corrected chi connectivity index (χ1v) is 6.95. The molecule has 0 spiro atoms. The van der Waals surface area contributed by atoms with Crippen LogP contribution in [0.25, 0.3) is 0 Å². The van der Waals surface area contributed by atoms with Gasteiger partial charge in [-0.25, -0.2) is 0 Å². The molecule has 1 heterocycles. The number of benzene rings is 1. The van der Waals surface area contributed by atoms with Gasteiger partial charge in [0.25, 0.3) is 0 Å². The molecule has 0 aliphatic heterocycles. The summed E-state index contributed by atoms with van der Waals surface area (Å²) < 4.78 is 2.02. The molecule has 19 heavy (non-hydrogen) atoms. The first kappa shape index (κ1) is 13.8. The number of nitrogens with zero attached hydrogens (tertiary/aromatic N) is 2. The van der Waals surface area contributed by atoms with E-state index < -0.39 is 0 Å². The molecule has 0 radical (unpaired) electrons. The highest BCUT2D eigenvalue weighted by Gasteiger charge is 2.13. The van der Waals surface area contributed by atoms with E-state index in [1.807, 2.05) is 16.9 Å². The van der Waals surface area contributed by atoms with Gasteiger partial charge in [0.2, 0.25) is 0 Å². The van der Waals surface area contributed by atoms with Gasteiger partial charge in [0.05, 0.1) is 11.7 Å². The molecular weight excluding hydrogens is 234 g/mol. The fraction of sp³-hybridized carbons (Fsp3) is 0.438. The number of aromatic nitrogens is 2. The third-order valence-corrected chi connectivity index (χ3v) is 3.51. The van der Waals surface area contributed by atoms with Crippen molar-refractivity contribution in [2.75, 3.05) is 0 Å². The van der Waals surface area contributed by atoms with E-state index in [1.54, 1.807) is 0 Å². The van der Waals surface area contributed by atoms with Crippen molar-refractivity contribution in [2.45, 2.75) is 46.2 Å². The number of aryl methyl sites for hydroxylation is 3. The highest BCUT2D eigenvalue weighted by Crippen LogP contribution is 2.19. The van der Waals surface area contributed by atoms with Crippen LogP contribution in [0.5, 0.6) is 0 Å². The molecular formula is C16H23N3. The predicted molar refractivity (Wildman–Crippen MR) is 79.1 cm³/mol. The van der Waals surface area contributed by atoms with Crippen molar-refractivity contribution in [3.05, 3.63) is 52.8 Å². The van der Waals surface area contributed by atoms with E-state index in [9.17, 15) is 0 Å². The Morgan fingerprint density at radius 1 is 1.26 bits per heavy atom. The van der Waals surface area contributed by atoms with Gasteiger partial charge < -0.3 is 5.73 Å². The zero-order valence-corrected chi connectivity index (χ0v) is 12.1. The summed E-state index contributed by atoms with van der Waals surface area (Å²) in [6.07, 6.45) is 3.78. The molecule has 0 aliphatic carbocycles. The number of hydrogen-bond donors (Lipinski definition) is 1. The smallest absolute Gasteiger partial charge is 0.0554 e. The molecule has 0 bridgehead atoms. The molecule has 2 rings (SSSR count). The van der Waals surface area contributed by atoms with Gasteiger partial charge in [0.1, 0.15) is 0 Å². The lowest BCUT2D eigenvalue weighted by Crippen LogP contribution is -2.19. The van der Waals surface area contributed by atoms with Gasteiger partial charge in [0.15, 0.2) is 0 Å². The Bertz CT molecular complexity index is 543. The Hall–Kier alpha value is -1.61. The zero-order chi connectivity index (χ0) is 13.8. The fourth-order valence-corrected chi connectivity index (χ4v) is 2.42. The van der Waals surface area contributed by atoms with Crippen molar-refractivity contribution in [2.24, 2.45) is 5.73 Å². The number of rotatable bonds is 5. The summed E-state index contributed by atoms with van der Waals surface area (Å²) in [5.41, 5.74) is 11.4. The summed E-state index contributed by atoms with van der Waals surface area (Å²) in [7, 11) is 0. The zero-order valence-electron chi connectivity index (χ0n) is 12.1. The normalized spacial score (nSPS) is 12.6. The average molecular weight is 257 g/mol. The summed E-state index contributed by atoms with van der Waals surface area (Å²) in [6.45, 7) is 7.35. The molecule has 0 fully saturated rings. The van der Waals surface area contributed by atoms with E-state index in [-0.39, 0.29) is 6.04 Å². The SMILES string of the molecule is CCCn1nccc1C(N)Cc1cc(C)ccc1C. The van der Waals surface area contributed by atoms with Crippen LogP contribution in [0.15, 0.2) is 30.5 Å². The quantitative estimate of drug-likeness (QED) is 0.894. The topological polar surface area (TPSA) is 43.8 Å². The lowest BCUT2D eigenvalue weighted by Gasteiger charge is -2.16. The largest absolute Gasteiger partial charge is 0.322 e. The maximum Gasteiger partial charge on any atom is 0.0554 e. The second kappa shape index (κ2) is 6.02. The van der Waals surface area contributed by atoms with Gasteiger partial charge in [-0.2, -0.15) is 5.10 Å². The third kappa shape index (κ3) is 3.24. The lowest BCUT2D eigenvalue weighted by atomic mass is 9.98. The lowest BCUT2D eigenvalue weighted by molar-refractivity contribution is 0.537. The minimum Gasteiger partial charge on any atom is -0.322 e. The van der Waals surface area contributed by atoms with Crippen molar-refractivity contribution in [3.63, 3.8) is 0 Å². The van der Waals surface area contributed by atoms with Gasteiger partial charge in [-0.1, -0.05) is 30.7 Å². The van der Waals surface area contributed by atoms with Crippen LogP contribution in [0.1, 0.15) is 41.8 Å². The average Bonchev–Trinajstić information content (AvgIpc) is 2.82. The summed E-state index contributed by atoms with van der Waals surface area (Å²) in [6, 6.07) is 8.59. The molecule has 2 N–H and O–H groups in total. The van der Waals surface area contributed by atoms with E-state index in [0.29, 0.717) is 0 Å². The molecule has 102 valence electrons. The molecule has 0 aliphatic rings. The van der Waals surface area contributed by atoms with Crippen molar-refractivity contribution in [1.29, 1.82) is 0 Å². The van der Waals surface area contributed by atoms with E-state index in [2.05, 4.69) is 44.1 Å². The van der Waals surface area contributed by atoms with Crippen molar-refractivity contribution < 1.29 is 0 Å². The maximum absolute atomic E-state index is 6.36. The van der Waals surface area contributed by atoms with Crippen LogP contribution in [0, 0.1) is 13.8 Å². The Kier molecular flexibility index (Phi) is 4.38. The Labute approximate surface area is 115 Å². The molecule has 1 aromatic heterocycles. The predicted octanol–water partition coefficient (Wildman–Crippen LogP) is 3.15. The van der Waals surface area contributed by atoms with Crippen LogP contribution in [-0.2, 0) is 13.0 Å². The Balaban J connectivity index is 2.18. The van der Waals surface area contributed by atoms with Gasteiger partial charge in [-0.15, -0.1) is 0 Å². The van der Waals surface area contributed by atoms with Crippen molar-refractivity contribution >= 4 is 0 Å². The first-order chi connectivity index (χ1) is 9.11. The van der Waals surface area contributed by atoms with Crippen LogP contribution >= 0.6 is 0 Å². The third-order valence-electron chi connectivity index (χ3n) is 3.51. The Morgan fingerprint density at radius 3 is 2.79 bits per heavy atom. The highest BCUT2D eigenvalue weighted by molar-refractivity contribution is 5.31. The van der Waals surface area contributed by atoms with E-state index >= 15 is 0 Å². The summed E-state index contributed by atoms with van der Waals surface area (Å²) in [5.74, 6) is 0. The van der Waals surface area contributed by atoms with Crippen LogP contribution in [0.3, 0.4) is 0 Å². The molecule has 2 aromatic rings. The van der Waals surface area contributed by atoms with E-state index in [0.717, 1.165) is 25.1 Å². The number of hydrogen-bond acceptors (Lipinski definition) is 2. The molecule has 0 saturated heterocycles. The van der Waals surface area contributed by atoms with Gasteiger partial charge in [0, 0.05) is 12.7 Å². The van der Waals surface area contributed by atoms with Gasteiger partial charge >= 0.3 is 0 Å². The second-order valence-corrected chi connectivity index (χ2v) is 5.22. The molecule has 1 unspecified atom stereocenters. The van der Waals surface area contributed by atoms with Gasteiger partial charge in [-0.05, 0) is 43.9 Å². The van der Waals surface area contributed by atoms with Crippen LogP contribution in [0.2, 0.25) is 0 Å². The van der Waals surface area contributed by atoms with Gasteiger partial charge in [-0.3, -0.25) is 4.68 Å². The van der Waals surface area contributed by atoms with E-state index in [4.69, 9.17) is 5.73 Å². The van der Waals surface area contributed by atoms with Crippen molar-refractivity contribution in [3.8, 4) is 0 Å². The summed E-state index contributed by atoms with van der Waals surface area (Å²) >= 11 is 0. The van der Waals surface area contributed by atoms with Crippen LogP contribution < -0.4 is 5.73 Å². The molecule has 3 nitrogen and oxygen atoms in total. The maximum atomic E-state index is 6.36. The number of nitrogens with two attached hydrogens (primary N) is 1. The standard InChI is InChI=1S/C16H23N3/c1-4-9-19-16(7-8-18-19)15(17)11-14-10-12(2)5-6-13(14)3/h5-8,10,15H,4,9,11,17H2,1-3H3. The fourth-order valence-electron chi connectivity index (χ4n) is 2.42. The van der Waals surface area contributed by atoms with Crippen LogP contribution in [0.4, 0.5) is 0 Å².